The molecule has 0 bridgehead atoms. The Labute approximate surface area is 95.1 Å². The van der Waals surface area contributed by atoms with E-state index in [4.69, 9.17) is 5.73 Å². The molecule has 0 saturated carbocycles. The summed E-state index contributed by atoms with van der Waals surface area (Å²) >= 11 is 0. The van der Waals surface area contributed by atoms with Gasteiger partial charge in [0.2, 0.25) is 0 Å². The third kappa shape index (κ3) is 2.43. The standard InChI is InChI=1S/C12H18F2N2/c1-7(2)8(3)16(4)11-6-9(13)5-10(14)12(11)15/h5-8H,15H2,1-4H3. The molecule has 0 saturated heterocycles. The molecule has 1 rings (SSSR count). The Morgan fingerprint density at radius 2 is 1.75 bits per heavy atom. The average Bonchev–Trinajstić information content (AvgIpc) is 2.21. The van der Waals surface area contributed by atoms with Gasteiger partial charge in [0.25, 0.3) is 0 Å². The second-order valence-electron chi connectivity index (χ2n) is 4.42. The molecule has 2 nitrogen and oxygen atoms in total. The van der Waals surface area contributed by atoms with Crippen LogP contribution in [-0.4, -0.2) is 13.1 Å². The maximum Gasteiger partial charge on any atom is 0.151 e. The topological polar surface area (TPSA) is 29.3 Å². The summed E-state index contributed by atoms with van der Waals surface area (Å²) in [6.07, 6.45) is 0. The summed E-state index contributed by atoms with van der Waals surface area (Å²) in [7, 11) is 1.79. The fourth-order valence-corrected chi connectivity index (χ4v) is 1.53. The highest BCUT2D eigenvalue weighted by molar-refractivity contribution is 5.68. The SMILES string of the molecule is CC(C)C(C)N(C)c1cc(F)cc(F)c1N. The number of halogens is 2. The van der Waals surface area contributed by atoms with Crippen LogP contribution in [0.1, 0.15) is 20.8 Å². The Kier molecular flexibility index (Phi) is 3.73. The van der Waals surface area contributed by atoms with Gasteiger partial charge in [-0.3, -0.25) is 0 Å². The second-order valence-corrected chi connectivity index (χ2v) is 4.42. The first-order chi connectivity index (χ1) is 7.34. The Bertz CT molecular complexity index is 378. The van der Waals surface area contributed by atoms with Crippen LogP contribution < -0.4 is 10.6 Å². The molecule has 16 heavy (non-hydrogen) atoms. The lowest BCUT2D eigenvalue weighted by atomic mass is 10.0. The zero-order valence-electron chi connectivity index (χ0n) is 10.1. The molecule has 0 radical (unpaired) electrons. The van der Waals surface area contributed by atoms with E-state index in [9.17, 15) is 8.78 Å². The molecular formula is C12H18F2N2. The van der Waals surface area contributed by atoms with E-state index in [1.165, 1.54) is 6.07 Å². The highest BCUT2D eigenvalue weighted by Crippen LogP contribution is 2.29. The van der Waals surface area contributed by atoms with E-state index in [1.807, 2.05) is 20.8 Å². The molecule has 0 amide bonds. The number of nitrogen functional groups attached to an aromatic ring is 1. The number of nitrogens with two attached hydrogens (primary N) is 1. The highest BCUT2D eigenvalue weighted by Gasteiger charge is 2.18. The summed E-state index contributed by atoms with van der Waals surface area (Å²) < 4.78 is 26.4. The van der Waals surface area contributed by atoms with Crippen LogP contribution >= 0.6 is 0 Å². The largest absolute Gasteiger partial charge is 0.395 e. The van der Waals surface area contributed by atoms with Crippen LogP contribution in [0.15, 0.2) is 12.1 Å². The average molecular weight is 228 g/mol. The molecule has 4 heteroatoms. The van der Waals surface area contributed by atoms with Crippen molar-refractivity contribution in [2.75, 3.05) is 17.7 Å². The molecule has 0 aromatic heterocycles. The number of anilines is 2. The van der Waals surface area contributed by atoms with E-state index in [1.54, 1.807) is 11.9 Å². The van der Waals surface area contributed by atoms with Gasteiger partial charge in [-0.15, -0.1) is 0 Å². The van der Waals surface area contributed by atoms with E-state index in [-0.39, 0.29) is 11.7 Å². The smallest absolute Gasteiger partial charge is 0.151 e. The molecule has 2 N–H and O–H groups in total. The van der Waals surface area contributed by atoms with Crippen molar-refractivity contribution < 1.29 is 8.78 Å². The Morgan fingerprint density at radius 1 is 1.19 bits per heavy atom. The maximum absolute atomic E-state index is 13.3. The predicted octanol–water partition coefficient (Wildman–Crippen LogP) is 3.03. The zero-order chi connectivity index (χ0) is 12.5. The first kappa shape index (κ1) is 12.7. The molecule has 0 heterocycles. The van der Waals surface area contributed by atoms with Crippen molar-refractivity contribution in [2.24, 2.45) is 5.92 Å². The summed E-state index contributed by atoms with van der Waals surface area (Å²) in [6, 6.07) is 2.22. The van der Waals surface area contributed by atoms with Crippen molar-refractivity contribution in [2.45, 2.75) is 26.8 Å². The van der Waals surface area contributed by atoms with Gasteiger partial charge in [-0.05, 0) is 18.9 Å². The summed E-state index contributed by atoms with van der Waals surface area (Å²) in [6.45, 7) is 6.09. The van der Waals surface area contributed by atoms with Crippen LogP contribution in [0.5, 0.6) is 0 Å². The minimum Gasteiger partial charge on any atom is -0.395 e. The Morgan fingerprint density at radius 3 is 2.25 bits per heavy atom. The van der Waals surface area contributed by atoms with Crippen molar-refractivity contribution in [3.05, 3.63) is 23.8 Å². The Hall–Kier alpha value is -1.32. The molecule has 0 spiro atoms. The number of hydrogen-bond donors (Lipinski definition) is 1. The molecule has 1 aromatic rings. The van der Waals surface area contributed by atoms with Crippen LogP contribution in [0.4, 0.5) is 20.2 Å². The quantitative estimate of drug-likeness (QED) is 0.806. The van der Waals surface area contributed by atoms with Gasteiger partial charge in [0.05, 0.1) is 11.4 Å². The monoisotopic (exact) mass is 228 g/mol. The fraction of sp³-hybridized carbons (Fsp3) is 0.500. The molecule has 0 aliphatic heterocycles. The molecule has 0 aliphatic rings. The van der Waals surface area contributed by atoms with Gasteiger partial charge < -0.3 is 10.6 Å². The number of benzene rings is 1. The van der Waals surface area contributed by atoms with E-state index >= 15 is 0 Å². The number of nitrogens with zero attached hydrogens (tertiary/aromatic N) is 1. The van der Waals surface area contributed by atoms with E-state index in [2.05, 4.69) is 0 Å². The molecule has 1 aromatic carbocycles. The molecule has 0 aliphatic carbocycles. The van der Waals surface area contributed by atoms with Gasteiger partial charge in [-0.25, -0.2) is 8.78 Å². The molecule has 0 fully saturated rings. The van der Waals surface area contributed by atoms with Crippen molar-refractivity contribution in [3.8, 4) is 0 Å². The fourth-order valence-electron chi connectivity index (χ4n) is 1.53. The Balaban J connectivity index is 3.13. The maximum atomic E-state index is 13.3. The number of rotatable bonds is 3. The second kappa shape index (κ2) is 4.68. The van der Waals surface area contributed by atoms with Crippen LogP contribution in [-0.2, 0) is 0 Å². The van der Waals surface area contributed by atoms with Gasteiger partial charge >= 0.3 is 0 Å². The summed E-state index contributed by atoms with van der Waals surface area (Å²) in [5.41, 5.74) is 6.01. The molecule has 90 valence electrons. The lowest BCUT2D eigenvalue weighted by Crippen LogP contribution is -2.33. The van der Waals surface area contributed by atoms with E-state index < -0.39 is 11.6 Å². The van der Waals surface area contributed by atoms with Crippen molar-refractivity contribution in [1.29, 1.82) is 0 Å². The summed E-state index contributed by atoms with van der Waals surface area (Å²) in [5, 5.41) is 0. The predicted molar refractivity (Wildman–Crippen MR) is 63.5 cm³/mol. The van der Waals surface area contributed by atoms with Gasteiger partial charge in [0.15, 0.2) is 5.82 Å². The van der Waals surface area contributed by atoms with Crippen molar-refractivity contribution in [1.82, 2.24) is 0 Å². The van der Waals surface area contributed by atoms with Crippen LogP contribution in [0.2, 0.25) is 0 Å². The minimum atomic E-state index is -0.710. The van der Waals surface area contributed by atoms with Crippen molar-refractivity contribution >= 4 is 11.4 Å². The normalized spacial score (nSPS) is 12.9. The summed E-state index contributed by atoms with van der Waals surface area (Å²) in [5.74, 6) is -0.946. The van der Waals surface area contributed by atoms with Gasteiger partial charge in [0, 0.05) is 19.2 Å². The first-order valence-electron chi connectivity index (χ1n) is 5.32. The van der Waals surface area contributed by atoms with Crippen LogP contribution in [0, 0.1) is 17.6 Å². The molecule has 1 atom stereocenters. The summed E-state index contributed by atoms with van der Waals surface area (Å²) in [4.78, 5) is 1.80. The first-order valence-corrected chi connectivity index (χ1v) is 5.32. The zero-order valence-corrected chi connectivity index (χ0v) is 10.1. The third-order valence-corrected chi connectivity index (χ3v) is 3.03. The highest BCUT2D eigenvalue weighted by atomic mass is 19.1. The minimum absolute atomic E-state index is 0.00333. The number of hydrogen-bond acceptors (Lipinski definition) is 2. The van der Waals surface area contributed by atoms with Gasteiger partial charge in [-0.2, -0.15) is 0 Å². The lowest BCUT2D eigenvalue weighted by Gasteiger charge is -2.31. The molecular weight excluding hydrogens is 210 g/mol. The van der Waals surface area contributed by atoms with E-state index in [0.717, 1.165) is 6.07 Å². The molecule has 1 unspecified atom stereocenters. The lowest BCUT2D eigenvalue weighted by molar-refractivity contribution is 0.503. The van der Waals surface area contributed by atoms with Gasteiger partial charge in [-0.1, -0.05) is 13.8 Å². The van der Waals surface area contributed by atoms with Crippen LogP contribution in [0.25, 0.3) is 0 Å². The third-order valence-electron chi connectivity index (χ3n) is 3.03. The van der Waals surface area contributed by atoms with Crippen LogP contribution in [0.3, 0.4) is 0 Å². The van der Waals surface area contributed by atoms with Gasteiger partial charge in [0.1, 0.15) is 5.82 Å². The van der Waals surface area contributed by atoms with Crippen molar-refractivity contribution in [3.63, 3.8) is 0 Å². The van der Waals surface area contributed by atoms with E-state index in [0.29, 0.717) is 11.6 Å².